The predicted octanol–water partition coefficient (Wildman–Crippen LogP) is 5.91. The van der Waals surface area contributed by atoms with Crippen LogP contribution in [0.4, 0.5) is 0 Å². The van der Waals surface area contributed by atoms with E-state index >= 15 is 0 Å². The van der Waals surface area contributed by atoms with E-state index in [1.54, 1.807) is 6.07 Å². The van der Waals surface area contributed by atoms with Gasteiger partial charge in [0.2, 0.25) is 0 Å². The van der Waals surface area contributed by atoms with E-state index in [2.05, 4.69) is 50.8 Å². The van der Waals surface area contributed by atoms with E-state index in [0.717, 1.165) is 24.0 Å². The average molecular weight is 426 g/mol. The topological polar surface area (TPSA) is 60.8 Å². The molecule has 170 valence electrons. The van der Waals surface area contributed by atoms with Gasteiger partial charge >= 0.3 is 5.97 Å². The first-order valence-electron chi connectivity index (χ1n) is 11.4. The van der Waals surface area contributed by atoms with Crippen LogP contribution in [0.25, 0.3) is 0 Å². The molecule has 2 rings (SSSR count). The van der Waals surface area contributed by atoms with Crippen LogP contribution in [-0.4, -0.2) is 41.2 Å². The fourth-order valence-electron chi connectivity index (χ4n) is 4.81. The Balaban J connectivity index is 2.28. The molecule has 0 aliphatic carbocycles. The van der Waals surface area contributed by atoms with Crippen molar-refractivity contribution in [3.05, 3.63) is 65.2 Å². The molecule has 4 heteroatoms. The molecular weight excluding hydrogens is 386 g/mol. The Hall–Kier alpha value is -2.33. The van der Waals surface area contributed by atoms with Crippen molar-refractivity contribution in [2.45, 2.75) is 64.8 Å². The highest BCUT2D eigenvalue weighted by molar-refractivity contribution is 5.76. The fraction of sp³-hybridized carbons (Fsp3) is 0.519. The summed E-state index contributed by atoms with van der Waals surface area (Å²) in [6.07, 6.45) is 2.47. The number of carboxylic acid groups (broad SMARTS) is 1. The van der Waals surface area contributed by atoms with E-state index in [9.17, 15) is 15.0 Å². The maximum Gasteiger partial charge on any atom is 0.311 e. The van der Waals surface area contributed by atoms with Crippen molar-refractivity contribution in [3.63, 3.8) is 0 Å². The first kappa shape index (κ1) is 24.9. The van der Waals surface area contributed by atoms with Gasteiger partial charge in [-0.15, -0.1) is 0 Å². The molecule has 3 unspecified atom stereocenters. The van der Waals surface area contributed by atoms with Crippen LogP contribution in [0.15, 0.2) is 48.5 Å². The lowest BCUT2D eigenvalue weighted by Crippen LogP contribution is -2.39. The number of hydrogen-bond acceptors (Lipinski definition) is 3. The standard InChI is InChI=1S/C27H39NO3/c1-7-24(22-9-8-10-23(29)16-22)19(4)26(28(5)6)17-25(27(30)31)21-13-11-20(12-14-21)15-18(2)3/h8-14,16,18-19,24-26,29H,7,15,17H2,1-6H3,(H,30,31)/t19?,24?,25-,26?/m1/s1. The molecule has 0 aliphatic heterocycles. The van der Waals surface area contributed by atoms with Gasteiger partial charge in [0.1, 0.15) is 5.75 Å². The summed E-state index contributed by atoms with van der Waals surface area (Å²) < 4.78 is 0. The number of phenols is 1. The molecule has 0 saturated heterocycles. The smallest absolute Gasteiger partial charge is 0.311 e. The van der Waals surface area contributed by atoms with E-state index in [0.29, 0.717) is 12.3 Å². The maximum absolute atomic E-state index is 12.2. The largest absolute Gasteiger partial charge is 0.508 e. The van der Waals surface area contributed by atoms with E-state index in [1.165, 1.54) is 5.56 Å². The Morgan fingerprint density at radius 1 is 1.00 bits per heavy atom. The van der Waals surface area contributed by atoms with Crippen LogP contribution in [-0.2, 0) is 11.2 Å². The Morgan fingerprint density at radius 3 is 2.13 bits per heavy atom. The minimum absolute atomic E-state index is 0.0868. The summed E-state index contributed by atoms with van der Waals surface area (Å²) in [5.41, 5.74) is 3.21. The van der Waals surface area contributed by atoms with Gasteiger partial charge in [0.15, 0.2) is 0 Å². The third kappa shape index (κ3) is 6.83. The van der Waals surface area contributed by atoms with Crippen molar-refractivity contribution in [2.75, 3.05) is 14.1 Å². The number of benzene rings is 2. The lowest BCUT2D eigenvalue weighted by Gasteiger charge is -2.37. The number of aromatic hydroxyl groups is 1. The minimum Gasteiger partial charge on any atom is -0.508 e. The van der Waals surface area contributed by atoms with E-state index in [1.807, 2.05) is 38.4 Å². The van der Waals surface area contributed by atoms with Gasteiger partial charge in [0.25, 0.3) is 0 Å². The number of rotatable bonds is 11. The minimum atomic E-state index is -0.777. The Morgan fingerprint density at radius 2 is 1.65 bits per heavy atom. The van der Waals surface area contributed by atoms with E-state index in [-0.39, 0.29) is 23.6 Å². The molecule has 0 aliphatic rings. The third-order valence-electron chi connectivity index (χ3n) is 6.44. The van der Waals surface area contributed by atoms with Crippen molar-refractivity contribution in [2.24, 2.45) is 11.8 Å². The number of aliphatic carboxylic acids is 1. The van der Waals surface area contributed by atoms with Crippen molar-refractivity contribution >= 4 is 5.97 Å². The van der Waals surface area contributed by atoms with Gasteiger partial charge in [-0.25, -0.2) is 0 Å². The molecule has 31 heavy (non-hydrogen) atoms. The number of hydrogen-bond donors (Lipinski definition) is 2. The van der Waals surface area contributed by atoms with Crippen molar-refractivity contribution in [1.82, 2.24) is 4.90 Å². The Kier molecular flexibility index (Phi) is 9.12. The van der Waals surface area contributed by atoms with Crippen LogP contribution in [0.3, 0.4) is 0 Å². The summed E-state index contributed by atoms with van der Waals surface area (Å²) in [5.74, 6) is -0.0186. The Bertz CT molecular complexity index is 829. The summed E-state index contributed by atoms with van der Waals surface area (Å²) in [7, 11) is 4.06. The SMILES string of the molecule is CCC(c1cccc(O)c1)C(C)C(C[C@@H](C(=O)O)c1ccc(CC(C)C)cc1)N(C)C. The highest BCUT2D eigenvalue weighted by atomic mass is 16.4. The number of phenolic OH excluding ortho intramolecular Hbond substituents is 1. The van der Waals surface area contributed by atoms with Crippen molar-refractivity contribution < 1.29 is 15.0 Å². The highest BCUT2D eigenvalue weighted by Crippen LogP contribution is 2.36. The molecule has 0 radical (unpaired) electrons. The second kappa shape index (κ2) is 11.3. The van der Waals surface area contributed by atoms with Crippen LogP contribution in [0.2, 0.25) is 0 Å². The van der Waals surface area contributed by atoms with Gasteiger partial charge in [0, 0.05) is 6.04 Å². The van der Waals surface area contributed by atoms with Crippen LogP contribution in [0.5, 0.6) is 5.75 Å². The highest BCUT2D eigenvalue weighted by Gasteiger charge is 2.32. The maximum atomic E-state index is 12.2. The van der Waals surface area contributed by atoms with Gasteiger partial charge < -0.3 is 15.1 Å². The van der Waals surface area contributed by atoms with E-state index in [4.69, 9.17) is 0 Å². The molecule has 0 amide bonds. The van der Waals surface area contributed by atoms with Gasteiger partial charge in [-0.05, 0) is 79.9 Å². The second-order valence-corrected chi connectivity index (χ2v) is 9.47. The zero-order chi connectivity index (χ0) is 23.1. The molecule has 2 aromatic carbocycles. The number of nitrogens with zero attached hydrogens (tertiary/aromatic N) is 1. The molecule has 2 aromatic rings. The summed E-state index contributed by atoms with van der Waals surface area (Å²) in [6.45, 7) is 8.73. The van der Waals surface area contributed by atoms with Crippen LogP contribution >= 0.6 is 0 Å². The zero-order valence-electron chi connectivity index (χ0n) is 19.9. The monoisotopic (exact) mass is 425 g/mol. The first-order valence-corrected chi connectivity index (χ1v) is 11.4. The number of carbonyl (C=O) groups is 1. The van der Waals surface area contributed by atoms with Crippen LogP contribution in [0, 0.1) is 11.8 Å². The van der Waals surface area contributed by atoms with Gasteiger partial charge in [-0.3, -0.25) is 4.79 Å². The first-order chi connectivity index (χ1) is 14.6. The Labute approximate surface area is 187 Å². The third-order valence-corrected chi connectivity index (χ3v) is 6.44. The van der Waals surface area contributed by atoms with Crippen molar-refractivity contribution in [1.29, 1.82) is 0 Å². The van der Waals surface area contributed by atoms with Crippen LogP contribution in [0.1, 0.15) is 69.1 Å². The molecule has 0 bridgehead atoms. The molecule has 0 saturated carbocycles. The molecule has 2 N–H and O–H groups in total. The predicted molar refractivity (Wildman–Crippen MR) is 128 cm³/mol. The molecule has 0 heterocycles. The molecular formula is C27H39NO3. The molecule has 4 atom stereocenters. The molecule has 0 fully saturated rings. The second-order valence-electron chi connectivity index (χ2n) is 9.47. The summed E-state index contributed by atoms with van der Waals surface area (Å²) in [5, 5.41) is 20.0. The number of carboxylic acids is 1. The molecule has 4 nitrogen and oxygen atoms in total. The quantitative estimate of drug-likeness (QED) is 0.470. The van der Waals surface area contributed by atoms with Gasteiger partial charge in [-0.2, -0.15) is 0 Å². The van der Waals surface area contributed by atoms with E-state index < -0.39 is 11.9 Å². The lowest BCUT2D eigenvalue weighted by atomic mass is 9.76. The van der Waals surface area contributed by atoms with Gasteiger partial charge in [0.05, 0.1) is 5.92 Å². The summed E-state index contributed by atoms with van der Waals surface area (Å²) in [4.78, 5) is 14.4. The molecule has 0 spiro atoms. The van der Waals surface area contributed by atoms with Crippen molar-refractivity contribution in [3.8, 4) is 5.75 Å². The fourth-order valence-corrected chi connectivity index (χ4v) is 4.81. The zero-order valence-corrected chi connectivity index (χ0v) is 19.9. The lowest BCUT2D eigenvalue weighted by molar-refractivity contribution is -0.139. The van der Waals surface area contributed by atoms with Crippen LogP contribution < -0.4 is 0 Å². The normalized spacial score (nSPS) is 15.6. The summed E-state index contributed by atoms with van der Waals surface area (Å²) >= 11 is 0. The summed E-state index contributed by atoms with van der Waals surface area (Å²) in [6, 6.07) is 15.7. The average Bonchev–Trinajstić information content (AvgIpc) is 2.69. The molecule has 0 aromatic heterocycles. The van der Waals surface area contributed by atoms with Gasteiger partial charge in [-0.1, -0.05) is 64.1 Å².